The molecule has 2 heterocycles. The van der Waals surface area contributed by atoms with E-state index in [1.165, 1.54) is 0 Å². The van der Waals surface area contributed by atoms with E-state index in [1.807, 2.05) is 0 Å². The zero-order valence-electron chi connectivity index (χ0n) is 10.1. The van der Waals surface area contributed by atoms with Crippen LogP contribution in [0.25, 0.3) is 6.08 Å². The molecule has 5 heteroatoms. The minimum Gasteiger partial charge on any atom is -0.431 e. The maximum absolute atomic E-state index is 7.31. The highest BCUT2D eigenvalue weighted by Crippen LogP contribution is 2.15. The molecule has 1 fully saturated rings. The van der Waals surface area contributed by atoms with E-state index in [-0.39, 0.29) is 0 Å². The first-order valence-electron chi connectivity index (χ1n) is 5.90. The average molecular weight is 234 g/mol. The van der Waals surface area contributed by atoms with E-state index >= 15 is 0 Å². The van der Waals surface area contributed by atoms with Crippen molar-refractivity contribution in [1.82, 2.24) is 10.3 Å². The van der Waals surface area contributed by atoms with Crippen molar-refractivity contribution in [1.29, 1.82) is 5.41 Å². The molecule has 0 amide bonds. The Bertz CT molecular complexity index is 402. The third-order valence-electron chi connectivity index (χ3n) is 2.62. The SMILES string of the molecule is CC(=N)/C=C\c1coc(N2CCCNCC2)n1. The normalized spacial score (nSPS) is 17.4. The van der Waals surface area contributed by atoms with Gasteiger partial charge in [0.25, 0.3) is 6.01 Å². The number of hydrogen-bond donors (Lipinski definition) is 2. The second kappa shape index (κ2) is 5.63. The molecule has 1 aromatic rings. The maximum Gasteiger partial charge on any atom is 0.297 e. The predicted molar refractivity (Wildman–Crippen MR) is 68.6 cm³/mol. The van der Waals surface area contributed by atoms with Crippen molar-refractivity contribution in [2.45, 2.75) is 13.3 Å². The Hall–Kier alpha value is -1.62. The summed E-state index contributed by atoms with van der Waals surface area (Å²) in [7, 11) is 0. The van der Waals surface area contributed by atoms with Gasteiger partial charge in [0.15, 0.2) is 0 Å². The van der Waals surface area contributed by atoms with Crippen molar-refractivity contribution in [2.24, 2.45) is 0 Å². The quantitative estimate of drug-likeness (QED) is 0.778. The van der Waals surface area contributed by atoms with Crippen LogP contribution in [0.4, 0.5) is 6.01 Å². The van der Waals surface area contributed by atoms with Gasteiger partial charge in [-0.3, -0.25) is 0 Å². The second-order valence-corrected chi connectivity index (χ2v) is 4.16. The van der Waals surface area contributed by atoms with Gasteiger partial charge in [-0.25, -0.2) is 0 Å². The van der Waals surface area contributed by atoms with Gasteiger partial charge >= 0.3 is 0 Å². The van der Waals surface area contributed by atoms with Crippen LogP contribution in [0.15, 0.2) is 16.8 Å². The van der Waals surface area contributed by atoms with Gasteiger partial charge in [-0.05, 0) is 32.0 Å². The lowest BCUT2D eigenvalue weighted by Crippen LogP contribution is -2.28. The monoisotopic (exact) mass is 234 g/mol. The van der Waals surface area contributed by atoms with E-state index in [0.717, 1.165) is 38.3 Å². The molecule has 0 saturated carbocycles. The summed E-state index contributed by atoms with van der Waals surface area (Å²) in [5.74, 6) is 0. The van der Waals surface area contributed by atoms with Gasteiger partial charge in [-0.1, -0.05) is 0 Å². The minimum absolute atomic E-state index is 0.508. The Morgan fingerprint density at radius 1 is 1.53 bits per heavy atom. The van der Waals surface area contributed by atoms with E-state index in [1.54, 1.807) is 25.3 Å². The fourth-order valence-electron chi connectivity index (χ4n) is 1.75. The molecule has 5 nitrogen and oxygen atoms in total. The summed E-state index contributed by atoms with van der Waals surface area (Å²) in [6.07, 6.45) is 6.25. The number of nitrogens with one attached hydrogen (secondary N) is 2. The Labute approximate surface area is 101 Å². The summed E-state index contributed by atoms with van der Waals surface area (Å²) in [5, 5.41) is 10.7. The summed E-state index contributed by atoms with van der Waals surface area (Å²) in [6, 6.07) is 0.677. The van der Waals surface area contributed by atoms with Crippen LogP contribution < -0.4 is 10.2 Å². The van der Waals surface area contributed by atoms with Gasteiger partial charge in [0.2, 0.25) is 0 Å². The Morgan fingerprint density at radius 3 is 3.24 bits per heavy atom. The lowest BCUT2D eigenvalue weighted by molar-refractivity contribution is 0.536. The number of nitrogens with zero attached hydrogens (tertiary/aromatic N) is 2. The minimum atomic E-state index is 0.508. The molecule has 17 heavy (non-hydrogen) atoms. The van der Waals surface area contributed by atoms with Crippen LogP contribution in [-0.2, 0) is 0 Å². The van der Waals surface area contributed by atoms with Gasteiger partial charge in [0.1, 0.15) is 12.0 Å². The molecule has 2 rings (SSSR count). The Kier molecular flexibility index (Phi) is 3.93. The molecular formula is C12H18N4O. The number of hydrogen-bond acceptors (Lipinski definition) is 5. The molecule has 0 radical (unpaired) electrons. The predicted octanol–water partition coefficient (Wildman–Crippen LogP) is 1.53. The van der Waals surface area contributed by atoms with Gasteiger partial charge in [-0.15, -0.1) is 0 Å². The Balaban J connectivity index is 2.03. The van der Waals surface area contributed by atoms with Crippen molar-refractivity contribution >= 4 is 17.8 Å². The average Bonchev–Trinajstić information content (AvgIpc) is 2.60. The van der Waals surface area contributed by atoms with E-state index in [2.05, 4.69) is 15.2 Å². The van der Waals surface area contributed by atoms with Crippen LogP contribution in [0.2, 0.25) is 0 Å². The number of oxazole rings is 1. The molecule has 0 aliphatic carbocycles. The lowest BCUT2D eigenvalue weighted by Gasteiger charge is -2.16. The zero-order chi connectivity index (χ0) is 12.1. The molecule has 0 spiro atoms. The van der Waals surface area contributed by atoms with Crippen LogP contribution in [0.5, 0.6) is 0 Å². The molecule has 1 aromatic heterocycles. The van der Waals surface area contributed by atoms with E-state index < -0.39 is 0 Å². The molecule has 0 bridgehead atoms. The molecule has 1 aliphatic rings. The van der Waals surface area contributed by atoms with E-state index in [4.69, 9.17) is 9.83 Å². The van der Waals surface area contributed by atoms with Crippen LogP contribution in [-0.4, -0.2) is 36.9 Å². The standard InChI is InChI=1S/C12H18N4O/c1-10(13)3-4-11-9-17-12(15-11)16-7-2-5-14-6-8-16/h3-4,9,13-14H,2,5-8H2,1H3/b4-3-,13-10?. The molecule has 0 unspecified atom stereocenters. The molecule has 1 saturated heterocycles. The fourth-order valence-corrected chi connectivity index (χ4v) is 1.75. The summed E-state index contributed by atoms with van der Waals surface area (Å²) >= 11 is 0. The molecule has 0 atom stereocenters. The molecule has 92 valence electrons. The summed E-state index contributed by atoms with van der Waals surface area (Å²) < 4.78 is 5.46. The van der Waals surface area contributed by atoms with Gasteiger partial charge in [0, 0.05) is 25.3 Å². The third-order valence-corrected chi connectivity index (χ3v) is 2.62. The first kappa shape index (κ1) is 11.9. The van der Waals surface area contributed by atoms with Crippen molar-refractivity contribution in [3.05, 3.63) is 18.0 Å². The molecule has 1 aliphatic heterocycles. The summed E-state index contributed by atoms with van der Waals surface area (Å²) in [4.78, 5) is 6.54. The number of allylic oxidation sites excluding steroid dienone is 1. The number of anilines is 1. The van der Waals surface area contributed by atoms with Gasteiger partial charge in [0.05, 0.1) is 0 Å². The fraction of sp³-hybridized carbons (Fsp3) is 0.500. The van der Waals surface area contributed by atoms with Crippen molar-refractivity contribution in [2.75, 3.05) is 31.1 Å². The number of rotatable bonds is 3. The third kappa shape index (κ3) is 3.42. The molecule has 2 N–H and O–H groups in total. The highest BCUT2D eigenvalue weighted by Gasteiger charge is 2.13. The highest BCUT2D eigenvalue weighted by molar-refractivity contribution is 5.93. The highest BCUT2D eigenvalue weighted by atomic mass is 16.4. The molecular weight excluding hydrogens is 216 g/mol. The second-order valence-electron chi connectivity index (χ2n) is 4.16. The summed E-state index contributed by atoms with van der Waals surface area (Å²) in [6.45, 7) is 5.65. The summed E-state index contributed by atoms with van der Waals surface area (Å²) in [5.41, 5.74) is 1.28. The lowest BCUT2D eigenvalue weighted by atomic mass is 10.3. The van der Waals surface area contributed by atoms with Crippen molar-refractivity contribution < 1.29 is 4.42 Å². The van der Waals surface area contributed by atoms with Crippen LogP contribution >= 0.6 is 0 Å². The van der Waals surface area contributed by atoms with E-state index in [0.29, 0.717) is 11.7 Å². The maximum atomic E-state index is 7.31. The zero-order valence-corrected chi connectivity index (χ0v) is 10.1. The van der Waals surface area contributed by atoms with Gasteiger partial charge < -0.3 is 20.0 Å². The van der Waals surface area contributed by atoms with Crippen molar-refractivity contribution in [3.63, 3.8) is 0 Å². The smallest absolute Gasteiger partial charge is 0.297 e. The Morgan fingerprint density at radius 2 is 2.41 bits per heavy atom. The van der Waals surface area contributed by atoms with Crippen LogP contribution in [0, 0.1) is 5.41 Å². The largest absolute Gasteiger partial charge is 0.431 e. The van der Waals surface area contributed by atoms with Crippen molar-refractivity contribution in [3.8, 4) is 0 Å². The van der Waals surface area contributed by atoms with E-state index in [9.17, 15) is 0 Å². The van der Waals surface area contributed by atoms with Crippen LogP contribution in [0.1, 0.15) is 19.0 Å². The number of aromatic nitrogens is 1. The first-order chi connectivity index (χ1) is 8.25. The molecule has 0 aromatic carbocycles. The topological polar surface area (TPSA) is 65.2 Å². The first-order valence-corrected chi connectivity index (χ1v) is 5.90. The van der Waals surface area contributed by atoms with Gasteiger partial charge in [-0.2, -0.15) is 4.98 Å². The van der Waals surface area contributed by atoms with Crippen LogP contribution in [0.3, 0.4) is 0 Å².